The van der Waals surface area contributed by atoms with Crippen molar-refractivity contribution in [3.05, 3.63) is 74.8 Å². The van der Waals surface area contributed by atoms with Crippen molar-refractivity contribution in [1.29, 1.82) is 0 Å². The van der Waals surface area contributed by atoms with Crippen molar-refractivity contribution in [2.24, 2.45) is 0 Å². The number of ether oxygens (including phenoxy) is 1. The van der Waals surface area contributed by atoms with E-state index in [1.54, 1.807) is 4.90 Å². The van der Waals surface area contributed by atoms with Crippen LogP contribution < -0.4 is 20.7 Å². The summed E-state index contributed by atoms with van der Waals surface area (Å²) in [5, 5.41) is 3.08. The summed E-state index contributed by atoms with van der Waals surface area (Å²) in [6.45, 7) is 16.0. The molecule has 51 heavy (non-hydrogen) atoms. The second-order valence-corrected chi connectivity index (χ2v) is 15.6. The van der Waals surface area contributed by atoms with E-state index in [0.717, 1.165) is 65.1 Å². The summed E-state index contributed by atoms with van der Waals surface area (Å²) in [6.07, 6.45) is 6.39. The van der Waals surface area contributed by atoms with E-state index in [-0.39, 0.29) is 36.1 Å². The van der Waals surface area contributed by atoms with Crippen molar-refractivity contribution < 1.29 is 19.1 Å². The number of hydrogen-bond acceptors (Lipinski definition) is 7. The third kappa shape index (κ3) is 7.12. The minimum atomic E-state index is -0.733. The van der Waals surface area contributed by atoms with Gasteiger partial charge in [-0.2, -0.15) is 0 Å². The molecule has 1 aliphatic carbocycles. The topological polar surface area (TPSA) is 128 Å². The number of piperazine rings is 1. The molecule has 1 spiro atoms. The van der Waals surface area contributed by atoms with Gasteiger partial charge in [0.15, 0.2) is 0 Å². The van der Waals surface area contributed by atoms with Crippen LogP contribution in [0.15, 0.2) is 41.3 Å². The van der Waals surface area contributed by atoms with Gasteiger partial charge in [0.2, 0.25) is 5.91 Å². The Bertz CT molecular complexity index is 1860. The van der Waals surface area contributed by atoms with Gasteiger partial charge in [0, 0.05) is 78.6 Å². The summed E-state index contributed by atoms with van der Waals surface area (Å²) in [6, 6.07) is 9.79. The number of H-pyrrole nitrogens is 1. The Labute approximate surface area is 300 Å². The SMILES string of the molecule is CCCc1cc(C)[nH]c(=O)c1CNC(=O)c1cc(-c2ccc(N3CCN(C(=O)OC(C)(C)C)CC3)nc2)cc2c1C1(CCCC1)C(=O)N2C(C)C. The first kappa shape index (κ1) is 36.1. The molecule has 1 saturated heterocycles. The summed E-state index contributed by atoms with van der Waals surface area (Å²) in [4.78, 5) is 67.6. The predicted octanol–water partition coefficient (Wildman–Crippen LogP) is 6.25. The summed E-state index contributed by atoms with van der Waals surface area (Å²) >= 11 is 0. The molecule has 4 heterocycles. The van der Waals surface area contributed by atoms with E-state index in [1.807, 2.05) is 83.0 Å². The molecule has 0 radical (unpaired) electrons. The molecule has 3 amide bonds. The molecule has 1 aromatic carbocycles. The quantitative estimate of drug-likeness (QED) is 0.285. The third-order valence-corrected chi connectivity index (χ3v) is 10.3. The largest absolute Gasteiger partial charge is 0.444 e. The maximum atomic E-state index is 14.3. The number of benzene rings is 1. The van der Waals surface area contributed by atoms with E-state index in [4.69, 9.17) is 9.72 Å². The highest BCUT2D eigenvalue weighted by atomic mass is 16.6. The van der Waals surface area contributed by atoms with E-state index in [0.29, 0.717) is 50.1 Å². The Morgan fingerprint density at radius 2 is 1.73 bits per heavy atom. The Hall–Kier alpha value is -4.67. The minimum Gasteiger partial charge on any atom is -0.444 e. The number of nitrogens with one attached hydrogen (secondary N) is 2. The van der Waals surface area contributed by atoms with Gasteiger partial charge in [0.05, 0.1) is 5.41 Å². The zero-order valence-electron chi connectivity index (χ0n) is 31.1. The maximum absolute atomic E-state index is 14.3. The molecule has 272 valence electrons. The number of carbonyl (C=O) groups excluding carboxylic acids is 3. The van der Waals surface area contributed by atoms with Crippen molar-refractivity contribution >= 4 is 29.4 Å². The highest BCUT2D eigenvalue weighted by Crippen LogP contribution is 2.54. The molecule has 0 bridgehead atoms. The van der Waals surface area contributed by atoms with Crippen LogP contribution in [0.2, 0.25) is 0 Å². The number of fused-ring (bicyclic) bond motifs is 2. The average molecular weight is 697 g/mol. The summed E-state index contributed by atoms with van der Waals surface area (Å²) < 4.78 is 5.55. The molecule has 3 aliphatic rings. The van der Waals surface area contributed by atoms with Gasteiger partial charge in [-0.05, 0) is 102 Å². The van der Waals surface area contributed by atoms with Crippen molar-refractivity contribution in [3.8, 4) is 11.1 Å². The van der Waals surface area contributed by atoms with Crippen molar-refractivity contribution in [2.45, 2.75) is 111 Å². The van der Waals surface area contributed by atoms with Gasteiger partial charge in [0.25, 0.3) is 11.5 Å². The molecular formula is C40H52N6O5. The number of rotatable bonds is 8. The molecule has 11 nitrogen and oxygen atoms in total. The molecule has 2 aromatic heterocycles. The number of carbonyl (C=O) groups is 3. The van der Waals surface area contributed by atoms with Crippen LogP contribution in [0.1, 0.15) is 106 Å². The number of pyridine rings is 2. The second-order valence-electron chi connectivity index (χ2n) is 15.6. The van der Waals surface area contributed by atoms with Crippen LogP contribution in [0.5, 0.6) is 0 Å². The van der Waals surface area contributed by atoms with E-state index in [9.17, 15) is 19.2 Å². The van der Waals surface area contributed by atoms with Gasteiger partial charge in [-0.3, -0.25) is 14.4 Å². The van der Waals surface area contributed by atoms with E-state index in [2.05, 4.69) is 22.1 Å². The van der Waals surface area contributed by atoms with Crippen LogP contribution >= 0.6 is 0 Å². The lowest BCUT2D eigenvalue weighted by atomic mass is 9.77. The lowest BCUT2D eigenvalue weighted by molar-refractivity contribution is -0.123. The minimum absolute atomic E-state index is 0.0652. The van der Waals surface area contributed by atoms with Crippen LogP contribution in [0, 0.1) is 6.92 Å². The molecule has 2 fully saturated rings. The van der Waals surface area contributed by atoms with Crippen molar-refractivity contribution in [2.75, 3.05) is 36.0 Å². The van der Waals surface area contributed by atoms with Crippen LogP contribution in [-0.4, -0.2) is 70.6 Å². The molecule has 11 heteroatoms. The van der Waals surface area contributed by atoms with Gasteiger partial charge >= 0.3 is 6.09 Å². The molecule has 0 atom stereocenters. The summed E-state index contributed by atoms with van der Waals surface area (Å²) in [5.74, 6) is 0.569. The maximum Gasteiger partial charge on any atom is 0.410 e. The summed E-state index contributed by atoms with van der Waals surface area (Å²) in [7, 11) is 0. The number of nitrogens with zero attached hydrogens (tertiary/aromatic N) is 4. The fraction of sp³-hybridized carbons (Fsp3) is 0.525. The number of aromatic amines is 1. The molecule has 0 unspecified atom stereocenters. The van der Waals surface area contributed by atoms with Crippen LogP contribution in [0.3, 0.4) is 0 Å². The number of hydrogen-bond donors (Lipinski definition) is 2. The van der Waals surface area contributed by atoms with Gasteiger partial charge in [-0.15, -0.1) is 0 Å². The Balaban J connectivity index is 1.32. The fourth-order valence-electron chi connectivity index (χ4n) is 7.99. The third-order valence-electron chi connectivity index (χ3n) is 10.3. The lowest BCUT2D eigenvalue weighted by Gasteiger charge is -2.36. The first-order valence-corrected chi connectivity index (χ1v) is 18.4. The number of aromatic nitrogens is 2. The fourth-order valence-corrected chi connectivity index (χ4v) is 7.99. The Kier molecular flexibility index (Phi) is 10.0. The first-order valence-electron chi connectivity index (χ1n) is 18.4. The highest BCUT2D eigenvalue weighted by molar-refractivity contribution is 6.13. The zero-order chi connectivity index (χ0) is 36.7. The first-order chi connectivity index (χ1) is 24.2. The van der Waals surface area contributed by atoms with Gasteiger partial charge in [0.1, 0.15) is 11.4 Å². The Morgan fingerprint density at radius 3 is 2.33 bits per heavy atom. The Morgan fingerprint density at radius 1 is 1.02 bits per heavy atom. The second kappa shape index (κ2) is 14.2. The molecule has 1 saturated carbocycles. The van der Waals surface area contributed by atoms with Crippen LogP contribution in [0.4, 0.5) is 16.3 Å². The van der Waals surface area contributed by atoms with Crippen molar-refractivity contribution in [1.82, 2.24) is 20.2 Å². The normalized spacial score (nSPS) is 17.0. The predicted molar refractivity (Wildman–Crippen MR) is 199 cm³/mol. The number of anilines is 2. The number of aryl methyl sites for hydroxylation is 2. The van der Waals surface area contributed by atoms with E-state index in [1.165, 1.54) is 0 Å². The molecule has 6 rings (SSSR count). The standard InChI is InChI=1S/C40H52N6O5/c1-8-11-27-20-26(4)43-36(48)31(27)24-42-35(47)30-21-29(22-32-34(30)40(14-9-10-15-40)37(49)46(32)25(2)3)28-12-13-33(41-23-28)44-16-18-45(19-17-44)38(50)51-39(5,6)7/h12-13,20-23,25H,8-11,14-19,24H2,1-7H3,(H,42,47)(H,43,48). The number of amides is 3. The van der Waals surface area contributed by atoms with Gasteiger partial charge < -0.3 is 29.7 Å². The van der Waals surface area contributed by atoms with Crippen LogP contribution in [-0.2, 0) is 27.9 Å². The van der Waals surface area contributed by atoms with Crippen molar-refractivity contribution in [3.63, 3.8) is 0 Å². The van der Waals surface area contributed by atoms with Crippen LogP contribution in [0.25, 0.3) is 11.1 Å². The average Bonchev–Trinajstić information content (AvgIpc) is 3.66. The van der Waals surface area contributed by atoms with E-state index < -0.39 is 11.0 Å². The highest BCUT2D eigenvalue weighted by Gasteiger charge is 2.54. The summed E-state index contributed by atoms with van der Waals surface area (Å²) in [5.41, 5.74) is 4.50. The van der Waals surface area contributed by atoms with E-state index >= 15 is 0 Å². The molecule has 2 N–H and O–H groups in total. The molecule has 3 aromatic rings. The van der Waals surface area contributed by atoms with Gasteiger partial charge in [-0.1, -0.05) is 26.2 Å². The monoisotopic (exact) mass is 696 g/mol. The van der Waals surface area contributed by atoms with Gasteiger partial charge in [-0.25, -0.2) is 9.78 Å². The lowest BCUT2D eigenvalue weighted by Crippen LogP contribution is -2.50. The smallest absolute Gasteiger partial charge is 0.410 e. The molecule has 2 aliphatic heterocycles. The zero-order valence-corrected chi connectivity index (χ0v) is 31.1. The molecular weight excluding hydrogens is 644 g/mol.